The average molecular weight is 481 g/mol. The summed E-state index contributed by atoms with van der Waals surface area (Å²) in [6.45, 7) is 9.25. The number of carbonyl (C=O) groups is 2. The number of amides is 3. The van der Waals surface area contributed by atoms with Crippen LogP contribution in [0, 0.1) is 5.92 Å². The van der Waals surface area contributed by atoms with Crippen LogP contribution in [-0.4, -0.2) is 80.3 Å². The Bertz CT molecular complexity index is 942. The molecule has 2 aliphatic rings. The molecular weight excluding hydrogens is 444 g/mol. The van der Waals surface area contributed by atoms with Gasteiger partial charge in [-0.2, -0.15) is 4.31 Å². The van der Waals surface area contributed by atoms with Gasteiger partial charge in [0.15, 0.2) is 0 Å². The van der Waals surface area contributed by atoms with Gasteiger partial charge in [0.1, 0.15) is 10.6 Å². The lowest BCUT2D eigenvalue weighted by Crippen LogP contribution is -2.49. The number of urea groups is 1. The molecule has 184 valence electrons. The minimum absolute atomic E-state index is 0.0439. The van der Waals surface area contributed by atoms with Gasteiger partial charge >= 0.3 is 6.03 Å². The highest BCUT2D eigenvalue weighted by atomic mass is 32.2. The molecule has 0 radical (unpaired) electrons. The number of anilines is 1. The molecule has 2 fully saturated rings. The van der Waals surface area contributed by atoms with Gasteiger partial charge in [-0.05, 0) is 64.7 Å². The lowest BCUT2D eigenvalue weighted by Gasteiger charge is -2.35. The van der Waals surface area contributed by atoms with Gasteiger partial charge < -0.3 is 19.9 Å². The van der Waals surface area contributed by atoms with E-state index in [0.29, 0.717) is 58.0 Å². The second-order valence-corrected chi connectivity index (χ2v) is 10.3. The highest BCUT2D eigenvalue weighted by molar-refractivity contribution is 7.89. The van der Waals surface area contributed by atoms with E-state index < -0.39 is 10.0 Å². The molecule has 0 spiro atoms. The van der Waals surface area contributed by atoms with Gasteiger partial charge in [0, 0.05) is 45.0 Å². The fourth-order valence-electron chi connectivity index (χ4n) is 4.43. The predicted octanol–water partition coefficient (Wildman–Crippen LogP) is 2.98. The Hall–Kier alpha value is -2.33. The first-order chi connectivity index (χ1) is 15.8. The SMILES string of the molecule is CCOc1ccc(NC(=O)C2CCCN(C(=O)N(CC)CC)C2)cc1S(=O)(=O)N1CCCC1. The summed E-state index contributed by atoms with van der Waals surface area (Å²) < 4.78 is 33.4. The maximum atomic E-state index is 13.2. The largest absolute Gasteiger partial charge is 0.492 e. The predicted molar refractivity (Wildman–Crippen MR) is 127 cm³/mol. The molecule has 1 aromatic rings. The van der Waals surface area contributed by atoms with Gasteiger partial charge in [-0.3, -0.25) is 4.79 Å². The molecule has 2 saturated heterocycles. The number of hydrogen-bond acceptors (Lipinski definition) is 5. The Balaban J connectivity index is 1.76. The van der Waals surface area contributed by atoms with Crippen molar-refractivity contribution in [3.63, 3.8) is 0 Å². The Morgan fingerprint density at radius 1 is 1.09 bits per heavy atom. The van der Waals surface area contributed by atoms with Crippen molar-refractivity contribution < 1.29 is 22.7 Å². The summed E-state index contributed by atoms with van der Waals surface area (Å²) in [7, 11) is -3.71. The first-order valence-corrected chi connectivity index (χ1v) is 13.4. The smallest absolute Gasteiger partial charge is 0.320 e. The van der Waals surface area contributed by atoms with Crippen molar-refractivity contribution in [2.24, 2.45) is 5.92 Å². The Morgan fingerprint density at radius 2 is 1.79 bits per heavy atom. The minimum Gasteiger partial charge on any atom is -0.492 e. The van der Waals surface area contributed by atoms with E-state index in [1.165, 1.54) is 10.4 Å². The number of carbonyl (C=O) groups excluding carboxylic acids is 2. The van der Waals surface area contributed by atoms with Gasteiger partial charge in [-0.1, -0.05) is 0 Å². The van der Waals surface area contributed by atoms with Crippen molar-refractivity contribution in [1.82, 2.24) is 14.1 Å². The van der Waals surface area contributed by atoms with Crippen LogP contribution in [0.3, 0.4) is 0 Å². The van der Waals surface area contributed by atoms with E-state index in [-0.39, 0.29) is 28.5 Å². The molecule has 3 rings (SSSR count). The molecule has 1 unspecified atom stereocenters. The number of rotatable bonds is 8. The molecule has 9 nitrogen and oxygen atoms in total. The van der Waals surface area contributed by atoms with Gasteiger partial charge in [0.05, 0.1) is 12.5 Å². The van der Waals surface area contributed by atoms with Crippen LogP contribution in [0.15, 0.2) is 23.1 Å². The third-order valence-electron chi connectivity index (χ3n) is 6.29. The first kappa shape index (κ1) is 25.3. The molecular formula is C23H36N4O5S. The molecule has 2 aliphatic heterocycles. The molecule has 33 heavy (non-hydrogen) atoms. The zero-order valence-electron chi connectivity index (χ0n) is 19.9. The molecule has 0 aromatic heterocycles. The van der Waals surface area contributed by atoms with E-state index in [1.54, 1.807) is 28.9 Å². The summed E-state index contributed by atoms with van der Waals surface area (Å²) in [5, 5.41) is 2.87. The quantitative estimate of drug-likeness (QED) is 0.617. The third-order valence-corrected chi connectivity index (χ3v) is 8.21. The highest BCUT2D eigenvalue weighted by Crippen LogP contribution is 2.32. The van der Waals surface area contributed by atoms with E-state index in [0.717, 1.165) is 19.3 Å². The van der Waals surface area contributed by atoms with E-state index in [2.05, 4.69) is 5.32 Å². The van der Waals surface area contributed by atoms with E-state index in [1.807, 2.05) is 13.8 Å². The first-order valence-electron chi connectivity index (χ1n) is 11.9. The number of nitrogens with zero attached hydrogens (tertiary/aromatic N) is 3. The topological polar surface area (TPSA) is 99.3 Å². The van der Waals surface area contributed by atoms with Crippen LogP contribution in [0.25, 0.3) is 0 Å². The molecule has 0 aliphatic carbocycles. The number of piperidine rings is 1. The molecule has 10 heteroatoms. The average Bonchev–Trinajstić information content (AvgIpc) is 3.37. The lowest BCUT2D eigenvalue weighted by atomic mass is 9.97. The van der Waals surface area contributed by atoms with Gasteiger partial charge in [0.2, 0.25) is 15.9 Å². The number of likely N-dealkylation sites (tertiary alicyclic amines) is 1. The Labute approximate surface area is 197 Å². The molecule has 1 N–H and O–H groups in total. The number of hydrogen-bond donors (Lipinski definition) is 1. The molecule has 3 amide bonds. The fraction of sp³-hybridized carbons (Fsp3) is 0.652. The van der Waals surface area contributed by atoms with Crippen LogP contribution in [0.4, 0.5) is 10.5 Å². The summed E-state index contributed by atoms with van der Waals surface area (Å²) in [5.74, 6) is -0.264. The molecule has 2 heterocycles. The summed E-state index contributed by atoms with van der Waals surface area (Å²) in [4.78, 5) is 29.3. The zero-order chi connectivity index (χ0) is 24.0. The van der Waals surface area contributed by atoms with E-state index in [9.17, 15) is 18.0 Å². The van der Waals surface area contributed by atoms with E-state index in [4.69, 9.17) is 4.74 Å². The highest BCUT2D eigenvalue weighted by Gasteiger charge is 2.32. The standard InChI is InChI=1S/C23H36N4O5S/c1-4-25(5-2)23(29)26-13-9-10-18(17-26)22(28)24-19-11-12-20(32-6-3)21(16-19)33(30,31)27-14-7-8-15-27/h11-12,16,18H,4-10,13-15,17H2,1-3H3,(H,24,28). The summed E-state index contributed by atoms with van der Waals surface area (Å²) in [6, 6.07) is 4.70. The van der Waals surface area contributed by atoms with Crippen molar-refractivity contribution in [1.29, 1.82) is 0 Å². The van der Waals surface area contributed by atoms with E-state index >= 15 is 0 Å². The summed E-state index contributed by atoms with van der Waals surface area (Å²) in [6.07, 6.45) is 3.11. The van der Waals surface area contributed by atoms with Crippen molar-refractivity contribution in [3.05, 3.63) is 18.2 Å². The summed E-state index contributed by atoms with van der Waals surface area (Å²) in [5.41, 5.74) is 0.411. The van der Waals surface area contributed by atoms with Crippen LogP contribution < -0.4 is 10.1 Å². The maximum Gasteiger partial charge on any atom is 0.320 e. The van der Waals surface area contributed by atoms with Crippen molar-refractivity contribution >= 4 is 27.6 Å². The number of ether oxygens (including phenoxy) is 1. The second kappa shape index (κ2) is 11.2. The third kappa shape index (κ3) is 5.78. The molecule has 1 atom stereocenters. The van der Waals surface area contributed by atoms with Crippen LogP contribution in [0.5, 0.6) is 5.75 Å². The monoisotopic (exact) mass is 480 g/mol. The normalized spacial score (nSPS) is 19.4. The Morgan fingerprint density at radius 3 is 2.42 bits per heavy atom. The zero-order valence-corrected chi connectivity index (χ0v) is 20.7. The van der Waals surface area contributed by atoms with Crippen LogP contribution in [-0.2, 0) is 14.8 Å². The number of benzene rings is 1. The maximum absolute atomic E-state index is 13.2. The second-order valence-electron chi connectivity index (χ2n) is 8.44. The van der Waals surface area contributed by atoms with Crippen molar-refractivity contribution in [3.8, 4) is 5.75 Å². The lowest BCUT2D eigenvalue weighted by molar-refractivity contribution is -0.121. The number of nitrogens with one attached hydrogen (secondary N) is 1. The number of sulfonamides is 1. The minimum atomic E-state index is -3.71. The van der Waals surface area contributed by atoms with Crippen LogP contribution >= 0.6 is 0 Å². The summed E-state index contributed by atoms with van der Waals surface area (Å²) >= 11 is 0. The van der Waals surface area contributed by atoms with Crippen LogP contribution in [0.1, 0.15) is 46.5 Å². The molecule has 1 aromatic carbocycles. The fourth-order valence-corrected chi connectivity index (χ4v) is 6.11. The van der Waals surface area contributed by atoms with Gasteiger partial charge in [-0.15, -0.1) is 0 Å². The van der Waals surface area contributed by atoms with Crippen molar-refractivity contribution in [2.75, 3.05) is 51.2 Å². The van der Waals surface area contributed by atoms with Crippen LogP contribution in [0.2, 0.25) is 0 Å². The Kier molecular flexibility index (Phi) is 8.58. The van der Waals surface area contributed by atoms with Gasteiger partial charge in [-0.25, -0.2) is 13.2 Å². The van der Waals surface area contributed by atoms with Gasteiger partial charge in [0.25, 0.3) is 0 Å². The molecule has 0 saturated carbocycles. The molecule has 0 bridgehead atoms. The van der Waals surface area contributed by atoms with Crippen molar-refractivity contribution in [2.45, 2.75) is 51.3 Å².